The molecule has 0 aliphatic carbocycles. The van der Waals surface area contributed by atoms with Crippen LogP contribution in [-0.2, 0) is 0 Å². The topological polar surface area (TPSA) is 26.0 Å². The van der Waals surface area contributed by atoms with E-state index in [9.17, 15) is 17.6 Å². The lowest BCUT2D eigenvalue weighted by Gasteiger charge is -2.05. The van der Waals surface area contributed by atoms with Crippen LogP contribution < -0.4 is 5.73 Å². The van der Waals surface area contributed by atoms with Crippen LogP contribution in [0.5, 0.6) is 0 Å². The highest BCUT2D eigenvalue weighted by Gasteiger charge is 2.12. The van der Waals surface area contributed by atoms with Gasteiger partial charge in [0.1, 0.15) is 5.82 Å². The normalized spacial score (nSPS) is 10.6. The van der Waals surface area contributed by atoms with Gasteiger partial charge in [-0.05, 0) is 35.4 Å². The van der Waals surface area contributed by atoms with E-state index in [1.807, 2.05) is 0 Å². The summed E-state index contributed by atoms with van der Waals surface area (Å²) >= 11 is 0. The first kappa shape index (κ1) is 11.4. The number of nitrogens with two attached hydrogens (primary N) is 1. The molecular weight excluding hydrogens is 234 g/mol. The quantitative estimate of drug-likeness (QED) is 0.461. The van der Waals surface area contributed by atoms with Gasteiger partial charge in [0, 0.05) is 0 Å². The Morgan fingerprint density at radius 1 is 0.706 bits per heavy atom. The van der Waals surface area contributed by atoms with Crippen molar-refractivity contribution in [2.24, 2.45) is 0 Å². The second-order valence-electron chi connectivity index (χ2n) is 3.49. The molecule has 0 bridgehead atoms. The molecule has 2 N–H and O–H groups in total. The third-order valence-corrected chi connectivity index (χ3v) is 2.32. The van der Waals surface area contributed by atoms with Crippen LogP contribution in [0.1, 0.15) is 0 Å². The number of hydrogen-bond acceptors (Lipinski definition) is 1. The zero-order valence-electron chi connectivity index (χ0n) is 8.48. The van der Waals surface area contributed by atoms with Gasteiger partial charge in [0.05, 0.1) is 5.69 Å². The SMILES string of the molecule is Nc1ccc(-c2cc(F)c(F)c(F)c2)cc1F. The van der Waals surface area contributed by atoms with Crippen molar-refractivity contribution in [3.63, 3.8) is 0 Å². The van der Waals surface area contributed by atoms with Gasteiger partial charge in [-0.25, -0.2) is 17.6 Å². The number of nitrogen functional groups attached to an aromatic ring is 1. The third kappa shape index (κ3) is 2.08. The maximum atomic E-state index is 13.2. The first-order valence-corrected chi connectivity index (χ1v) is 4.69. The molecule has 0 amide bonds. The zero-order chi connectivity index (χ0) is 12.6. The van der Waals surface area contributed by atoms with Crippen LogP contribution in [0.25, 0.3) is 11.1 Å². The Labute approximate surface area is 94.5 Å². The average molecular weight is 241 g/mol. The van der Waals surface area contributed by atoms with E-state index in [2.05, 4.69) is 0 Å². The Morgan fingerprint density at radius 3 is 1.76 bits per heavy atom. The van der Waals surface area contributed by atoms with Crippen molar-refractivity contribution in [2.45, 2.75) is 0 Å². The van der Waals surface area contributed by atoms with Crippen molar-refractivity contribution in [3.8, 4) is 11.1 Å². The number of rotatable bonds is 1. The summed E-state index contributed by atoms with van der Waals surface area (Å²) in [5.41, 5.74) is 5.45. The average Bonchev–Trinajstić information content (AvgIpc) is 2.29. The fourth-order valence-corrected chi connectivity index (χ4v) is 1.43. The fraction of sp³-hybridized carbons (Fsp3) is 0. The van der Waals surface area contributed by atoms with Crippen molar-refractivity contribution in [3.05, 3.63) is 53.6 Å². The summed E-state index contributed by atoms with van der Waals surface area (Å²) in [6.07, 6.45) is 0. The molecule has 88 valence electrons. The first-order valence-electron chi connectivity index (χ1n) is 4.69. The number of anilines is 1. The lowest BCUT2D eigenvalue weighted by molar-refractivity contribution is 0.447. The van der Waals surface area contributed by atoms with Crippen LogP contribution in [0.2, 0.25) is 0 Å². The largest absolute Gasteiger partial charge is 0.396 e. The molecule has 1 nitrogen and oxygen atoms in total. The molecule has 2 rings (SSSR count). The van der Waals surface area contributed by atoms with Gasteiger partial charge >= 0.3 is 0 Å². The summed E-state index contributed by atoms with van der Waals surface area (Å²) in [6.45, 7) is 0. The summed E-state index contributed by atoms with van der Waals surface area (Å²) in [4.78, 5) is 0. The molecule has 0 heterocycles. The predicted octanol–water partition coefficient (Wildman–Crippen LogP) is 3.49. The van der Waals surface area contributed by atoms with E-state index in [4.69, 9.17) is 5.73 Å². The van der Waals surface area contributed by atoms with E-state index >= 15 is 0 Å². The molecule has 0 radical (unpaired) electrons. The maximum Gasteiger partial charge on any atom is 0.194 e. The van der Waals surface area contributed by atoms with Gasteiger partial charge in [-0.1, -0.05) is 6.07 Å². The second-order valence-corrected chi connectivity index (χ2v) is 3.49. The summed E-state index contributed by atoms with van der Waals surface area (Å²) in [7, 11) is 0. The zero-order valence-corrected chi connectivity index (χ0v) is 8.48. The summed E-state index contributed by atoms with van der Waals surface area (Å²) < 4.78 is 51.8. The monoisotopic (exact) mass is 241 g/mol. The van der Waals surface area contributed by atoms with Gasteiger partial charge in [0.2, 0.25) is 0 Å². The molecule has 0 fully saturated rings. The summed E-state index contributed by atoms with van der Waals surface area (Å²) in [5, 5.41) is 0. The lowest BCUT2D eigenvalue weighted by atomic mass is 10.0. The standard InChI is InChI=1S/C12H7F4N/c13-8-3-6(1-2-11(8)17)7-4-9(14)12(16)10(15)5-7/h1-5H,17H2. The minimum atomic E-state index is -1.55. The molecule has 0 atom stereocenters. The van der Waals surface area contributed by atoms with Crippen LogP contribution in [0.15, 0.2) is 30.3 Å². The molecule has 0 saturated carbocycles. The number of halogens is 4. The molecule has 5 heteroatoms. The van der Waals surface area contributed by atoms with E-state index in [1.165, 1.54) is 12.1 Å². The molecule has 0 aliphatic heterocycles. The highest BCUT2D eigenvalue weighted by molar-refractivity contribution is 5.66. The van der Waals surface area contributed by atoms with Gasteiger partial charge in [-0.3, -0.25) is 0 Å². The Balaban J connectivity index is 2.57. The second kappa shape index (κ2) is 4.08. The Morgan fingerprint density at radius 2 is 1.24 bits per heavy atom. The molecule has 0 spiro atoms. The Hall–Kier alpha value is -2.04. The van der Waals surface area contributed by atoms with Crippen molar-refractivity contribution < 1.29 is 17.6 Å². The molecule has 0 saturated heterocycles. The van der Waals surface area contributed by atoms with Crippen molar-refractivity contribution >= 4 is 5.69 Å². The third-order valence-electron chi connectivity index (χ3n) is 2.32. The Kier molecular flexibility index (Phi) is 2.75. The predicted molar refractivity (Wildman–Crippen MR) is 56.1 cm³/mol. The van der Waals surface area contributed by atoms with Crippen LogP contribution in [0.3, 0.4) is 0 Å². The van der Waals surface area contributed by atoms with Gasteiger partial charge in [-0.15, -0.1) is 0 Å². The minimum absolute atomic E-state index is 0.0419. The number of hydrogen-bond donors (Lipinski definition) is 1. The molecule has 0 aliphatic rings. The van der Waals surface area contributed by atoms with Crippen LogP contribution >= 0.6 is 0 Å². The van der Waals surface area contributed by atoms with Gasteiger partial charge < -0.3 is 5.73 Å². The highest BCUT2D eigenvalue weighted by atomic mass is 19.2. The van der Waals surface area contributed by atoms with Crippen molar-refractivity contribution in [1.82, 2.24) is 0 Å². The van der Waals surface area contributed by atoms with E-state index < -0.39 is 23.3 Å². The maximum absolute atomic E-state index is 13.2. The first-order chi connectivity index (χ1) is 7.99. The molecule has 0 unspecified atom stereocenters. The molecule has 0 aromatic heterocycles. The number of benzene rings is 2. The smallest absolute Gasteiger partial charge is 0.194 e. The van der Waals surface area contributed by atoms with Gasteiger partial charge in [0.25, 0.3) is 0 Å². The highest BCUT2D eigenvalue weighted by Crippen LogP contribution is 2.25. The molecule has 17 heavy (non-hydrogen) atoms. The van der Waals surface area contributed by atoms with Crippen LogP contribution in [-0.4, -0.2) is 0 Å². The van der Waals surface area contributed by atoms with E-state index in [0.717, 1.165) is 18.2 Å². The molecular formula is C12H7F4N. The molecule has 2 aromatic carbocycles. The van der Waals surface area contributed by atoms with Gasteiger partial charge in [0.15, 0.2) is 17.5 Å². The minimum Gasteiger partial charge on any atom is -0.396 e. The summed E-state index contributed by atoms with van der Waals surface area (Å²) in [6, 6.07) is 5.28. The van der Waals surface area contributed by atoms with Gasteiger partial charge in [-0.2, -0.15) is 0 Å². The van der Waals surface area contributed by atoms with E-state index in [0.29, 0.717) is 0 Å². The molecule has 2 aromatic rings. The lowest BCUT2D eigenvalue weighted by Crippen LogP contribution is -1.94. The van der Waals surface area contributed by atoms with Crippen molar-refractivity contribution in [2.75, 3.05) is 5.73 Å². The van der Waals surface area contributed by atoms with Crippen LogP contribution in [0, 0.1) is 23.3 Å². The Bertz CT molecular complexity index is 558. The van der Waals surface area contributed by atoms with E-state index in [1.54, 1.807) is 0 Å². The van der Waals surface area contributed by atoms with Crippen molar-refractivity contribution in [1.29, 1.82) is 0 Å². The fourth-order valence-electron chi connectivity index (χ4n) is 1.43. The summed E-state index contributed by atoms with van der Waals surface area (Å²) in [5.74, 6) is -4.90. The van der Waals surface area contributed by atoms with Crippen LogP contribution in [0.4, 0.5) is 23.2 Å². The van der Waals surface area contributed by atoms with E-state index in [-0.39, 0.29) is 16.8 Å².